The van der Waals surface area contributed by atoms with Crippen molar-refractivity contribution in [2.45, 2.75) is 25.3 Å². The van der Waals surface area contributed by atoms with Gasteiger partial charge in [0.2, 0.25) is 0 Å². The van der Waals surface area contributed by atoms with Crippen LogP contribution in [-0.2, 0) is 7.05 Å². The SMILES string of the molecule is Cn1nc(N2CCCCC2CNc2ncnc3nc[nH]c23)ccc1=O. The summed E-state index contributed by atoms with van der Waals surface area (Å²) in [6.45, 7) is 1.66. The zero-order valence-electron chi connectivity index (χ0n) is 14.0. The summed E-state index contributed by atoms with van der Waals surface area (Å²) in [7, 11) is 1.68. The predicted octanol–water partition coefficient (Wildman–Crippen LogP) is 0.918. The molecule has 4 rings (SSSR count). The standard InChI is InChI=1S/C16H20N8O/c1-23-13(25)6-5-12(22-23)24-7-3-2-4-11(24)8-17-15-14-16(19-9-18-14)21-10-20-15/h5-6,9-11H,2-4,7-8H2,1H3,(H2,17,18,19,20,21). The van der Waals surface area contributed by atoms with Crippen molar-refractivity contribution >= 4 is 22.8 Å². The number of fused-ring (bicyclic) bond motifs is 1. The summed E-state index contributed by atoms with van der Waals surface area (Å²) in [6, 6.07) is 3.66. The van der Waals surface area contributed by atoms with Gasteiger partial charge in [-0.3, -0.25) is 4.79 Å². The number of nitrogens with one attached hydrogen (secondary N) is 2. The molecule has 0 aliphatic carbocycles. The second-order valence-corrected chi connectivity index (χ2v) is 6.20. The first kappa shape index (κ1) is 15.6. The van der Waals surface area contributed by atoms with Crippen LogP contribution in [0.5, 0.6) is 0 Å². The van der Waals surface area contributed by atoms with E-state index in [9.17, 15) is 4.79 Å². The van der Waals surface area contributed by atoms with Crippen LogP contribution in [0, 0.1) is 0 Å². The largest absolute Gasteiger partial charge is 0.366 e. The first-order valence-electron chi connectivity index (χ1n) is 8.41. The Morgan fingerprint density at radius 2 is 2.20 bits per heavy atom. The van der Waals surface area contributed by atoms with Crippen molar-refractivity contribution in [3.8, 4) is 0 Å². The van der Waals surface area contributed by atoms with Crippen LogP contribution in [0.2, 0.25) is 0 Å². The van der Waals surface area contributed by atoms with Crippen LogP contribution in [0.25, 0.3) is 11.2 Å². The molecule has 1 atom stereocenters. The molecule has 1 unspecified atom stereocenters. The molecule has 1 saturated heterocycles. The van der Waals surface area contributed by atoms with Gasteiger partial charge in [0.15, 0.2) is 11.5 Å². The lowest BCUT2D eigenvalue weighted by molar-refractivity contribution is 0.464. The molecule has 3 aromatic rings. The number of aromatic amines is 1. The van der Waals surface area contributed by atoms with Crippen LogP contribution in [0.4, 0.5) is 11.6 Å². The van der Waals surface area contributed by atoms with Crippen LogP contribution < -0.4 is 15.8 Å². The summed E-state index contributed by atoms with van der Waals surface area (Å²) in [6.07, 6.45) is 6.50. The van der Waals surface area contributed by atoms with Gasteiger partial charge in [0.25, 0.3) is 5.56 Å². The van der Waals surface area contributed by atoms with Crippen LogP contribution >= 0.6 is 0 Å². The van der Waals surface area contributed by atoms with Crippen LogP contribution in [0.1, 0.15) is 19.3 Å². The summed E-state index contributed by atoms with van der Waals surface area (Å²) in [5.41, 5.74) is 1.36. The number of piperidine rings is 1. The smallest absolute Gasteiger partial charge is 0.266 e. The Labute approximate surface area is 144 Å². The van der Waals surface area contributed by atoms with Crippen LogP contribution in [-0.4, -0.2) is 48.8 Å². The van der Waals surface area contributed by atoms with Crippen molar-refractivity contribution < 1.29 is 0 Å². The van der Waals surface area contributed by atoms with E-state index in [1.807, 2.05) is 0 Å². The minimum Gasteiger partial charge on any atom is -0.366 e. The average Bonchev–Trinajstić information content (AvgIpc) is 3.12. The third-order valence-corrected chi connectivity index (χ3v) is 4.60. The lowest BCUT2D eigenvalue weighted by Crippen LogP contribution is -2.45. The van der Waals surface area contributed by atoms with Gasteiger partial charge in [0, 0.05) is 32.2 Å². The molecular weight excluding hydrogens is 320 g/mol. The maximum absolute atomic E-state index is 11.6. The molecule has 1 aliphatic heterocycles. The first-order valence-corrected chi connectivity index (χ1v) is 8.41. The number of rotatable bonds is 4. The minimum absolute atomic E-state index is 0.0990. The van der Waals surface area contributed by atoms with Crippen molar-refractivity contribution in [2.75, 3.05) is 23.3 Å². The van der Waals surface area contributed by atoms with E-state index in [2.05, 4.69) is 35.3 Å². The number of H-pyrrole nitrogens is 1. The van der Waals surface area contributed by atoms with Crippen molar-refractivity contribution in [3.05, 3.63) is 35.1 Å². The number of hydrogen-bond acceptors (Lipinski definition) is 7. The second-order valence-electron chi connectivity index (χ2n) is 6.20. The third-order valence-electron chi connectivity index (χ3n) is 4.60. The number of imidazole rings is 1. The van der Waals surface area contributed by atoms with Crippen LogP contribution in [0.3, 0.4) is 0 Å². The summed E-state index contributed by atoms with van der Waals surface area (Å²) < 4.78 is 1.38. The number of hydrogen-bond donors (Lipinski definition) is 2. The van der Waals surface area contributed by atoms with E-state index in [-0.39, 0.29) is 11.6 Å². The highest BCUT2D eigenvalue weighted by molar-refractivity contribution is 5.81. The molecule has 0 aromatic carbocycles. The zero-order valence-corrected chi connectivity index (χ0v) is 14.0. The topological polar surface area (TPSA) is 105 Å². The van der Waals surface area contributed by atoms with Crippen molar-refractivity contribution in [3.63, 3.8) is 0 Å². The van der Waals surface area contributed by atoms with Crippen LogP contribution in [0.15, 0.2) is 29.6 Å². The van der Waals surface area contributed by atoms with Gasteiger partial charge in [0.05, 0.1) is 6.33 Å². The number of nitrogens with zero attached hydrogens (tertiary/aromatic N) is 6. The monoisotopic (exact) mass is 340 g/mol. The Morgan fingerprint density at radius 3 is 3.08 bits per heavy atom. The van der Waals surface area contributed by atoms with Gasteiger partial charge in [-0.2, -0.15) is 5.10 Å². The number of aryl methyl sites for hydroxylation is 1. The molecule has 0 bridgehead atoms. The molecule has 0 radical (unpaired) electrons. The highest BCUT2D eigenvalue weighted by Gasteiger charge is 2.24. The van der Waals surface area contributed by atoms with Gasteiger partial charge in [-0.15, -0.1) is 0 Å². The first-order chi connectivity index (χ1) is 12.2. The number of anilines is 2. The molecule has 9 nitrogen and oxygen atoms in total. The fraction of sp³-hybridized carbons (Fsp3) is 0.438. The molecule has 25 heavy (non-hydrogen) atoms. The molecule has 0 amide bonds. The maximum atomic E-state index is 11.6. The Kier molecular flexibility index (Phi) is 4.04. The fourth-order valence-electron chi connectivity index (χ4n) is 3.27. The minimum atomic E-state index is -0.0990. The van der Waals surface area contributed by atoms with Gasteiger partial charge in [-0.05, 0) is 25.3 Å². The van der Waals surface area contributed by atoms with E-state index in [1.54, 1.807) is 25.5 Å². The van der Waals surface area contributed by atoms with E-state index in [4.69, 9.17) is 0 Å². The Morgan fingerprint density at radius 1 is 1.28 bits per heavy atom. The fourth-order valence-corrected chi connectivity index (χ4v) is 3.27. The van der Waals surface area contributed by atoms with Gasteiger partial charge in [0.1, 0.15) is 17.7 Å². The van der Waals surface area contributed by atoms with Crippen molar-refractivity contribution in [1.82, 2.24) is 29.7 Å². The molecule has 1 fully saturated rings. The summed E-state index contributed by atoms with van der Waals surface area (Å²) in [5.74, 6) is 1.59. The third kappa shape index (κ3) is 3.04. The average molecular weight is 340 g/mol. The maximum Gasteiger partial charge on any atom is 0.266 e. The van der Waals surface area contributed by atoms with E-state index >= 15 is 0 Å². The van der Waals surface area contributed by atoms with Gasteiger partial charge >= 0.3 is 0 Å². The van der Waals surface area contributed by atoms with Crippen molar-refractivity contribution in [1.29, 1.82) is 0 Å². The molecule has 1 aliphatic rings. The quantitative estimate of drug-likeness (QED) is 0.727. The lowest BCUT2D eigenvalue weighted by atomic mass is 10.0. The molecule has 9 heteroatoms. The van der Waals surface area contributed by atoms with Gasteiger partial charge < -0.3 is 15.2 Å². The normalized spacial score (nSPS) is 17.8. The molecule has 0 spiro atoms. The summed E-state index contributed by atoms with van der Waals surface area (Å²) in [4.78, 5) is 29.5. The van der Waals surface area contributed by atoms with Gasteiger partial charge in [-0.25, -0.2) is 19.6 Å². The second kappa shape index (κ2) is 6.50. The van der Waals surface area contributed by atoms with E-state index in [0.29, 0.717) is 5.65 Å². The summed E-state index contributed by atoms with van der Waals surface area (Å²) in [5, 5.41) is 7.81. The molecule has 130 valence electrons. The molecule has 4 heterocycles. The molecule has 0 saturated carbocycles. The van der Waals surface area contributed by atoms with Gasteiger partial charge in [-0.1, -0.05) is 0 Å². The molecular formula is C16H20N8O. The predicted molar refractivity (Wildman–Crippen MR) is 94.6 cm³/mol. The lowest BCUT2D eigenvalue weighted by Gasteiger charge is -2.36. The molecule has 3 aromatic heterocycles. The highest BCUT2D eigenvalue weighted by atomic mass is 16.1. The van der Waals surface area contributed by atoms with Crippen molar-refractivity contribution in [2.24, 2.45) is 7.05 Å². The van der Waals surface area contributed by atoms with E-state index in [1.165, 1.54) is 17.4 Å². The Balaban J connectivity index is 1.54. The molecule has 2 N–H and O–H groups in total. The van der Waals surface area contributed by atoms with E-state index < -0.39 is 0 Å². The highest BCUT2D eigenvalue weighted by Crippen LogP contribution is 2.23. The number of aromatic nitrogens is 6. The Hall–Kier alpha value is -2.97. The zero-order chi connectivity index (χ0) is 17.2. The summed E-state index contributed by atoms with van der Waals surface area (Å²) >= 11 is 0. The Bertz CT molecular complexity index is 933. The van der Waals surface area contributed by atoms with E-state index in [0.717, 1.165) is 43.1 Å².